The van der Waals surface area contributed by atoms with E-state index in [-0.39, 0.29) is 19.5 Å². The Balaban J connectivity index is 0. The minimum absolute atomic E-state index is 0. The number of nitrogens with one attached hydrogen (secondary N) is 1. The fourth-order valence-electron chi connectivity index (χ4n) is 0.584. The van der Waals surface area contributed by atoms with E-state index < -0.39 is 0 Å². The molecule has 0 spiro atoms. The minimum Gasteiger partial charge on any atom is -0.456 e. The molecule has 0 fully saturated rings. The van der Waals surface area contributed by atoms with Crippen LogP contribution < -0.4 is 0 Å². The average molecular weight is 264 g/mol. The quantitative estimate of drug-likeness (QED) is 0.547. The van der Waals surface area contributed by atoms with Crippen molar-refractivity contribution in [2.24, 2.45) is 0 Å². The van der Waals surface area contributed by atoms with Gasteiger partial charge in [-0.05, 0) is 6.92 Å². The van der Waals surface area contributed by atoms with Gasteiger partial charge in [-0.2, -0.15) is 0 Å². The van der Waals surface area contributed by atoms with Crippen molar-refractivity contribution in [2.75, 3.05) is 0 Å². The number of aromatic amines is 1. The van der Waals surface area contributed by atoms with Gasteiger partial charge in [0.05, 0.1) is 0 Å². The first kappa shape index (κ1) is 15.0. The van der Waals surface area contributed by atoms with E-state index in [0.717, 1.165) is 5.69 Å². The molecule has 1 nitrogen and oxygen atoms in total. The molecule has 0 bridgehead atoms. The maximum absolute atomic E-state index is 3.52. The second kappa shape index (κ2) is 8.13. The van der Waals surface area contributed by atoms with Crippen LogP contribution in [0.5, 0.6) is 0 Å². The summed E-state index contributed by atoms with van der Waals surface area (Å²) in [6, 6.07) is 4.95. The zero-order chi connectivity index (χ0) is 9.56. The molecule has 0 aromatic carbocycles. The minimum atomic E-state index is 0. The van der Waals surface area contributed by atoms with Crippen LogP contribution in [-0.4, -0.2) is 4.98 Å². The van der Waals surface area contributed by atoms with Crippen LogP contribution in [0.3, 0.4) is 0 Å². The van der Waals surface area contributed by atoms with Crippen molar-refractivity contribution in [3.05, 3.63) is 42.1 Å². The van der Waals surface area contributed by atoms with E-state index in [4.69, 9.17) is 0 Å². The maximum Gasteiger partial charge on any atom is 2.00 e. The number of aromatic nitrogens is 1. The largest absolute Gasteiger partial charge is 2.00 e. The Kier molecular flexibility index (Phi) is 9.38. The molecule has 0 radical (unpaired) electrons. The van der Waals surface area contributed by atoms with E-state index in [2.05, 4.69) is 18.0 Å². The Hall–Kier alpha value is -0.487. The summed E-state index contributed by atoms with van der Waals surface area (Å²) in [5.41, 5.74) is 3.56. The zero-order valence-electron chi connectivity index (χ0n) is 8.72. The standard InChI is InChI=1S/C6H8N.C5H9.Ru/c1-5-3-4-6(2)7-5;1-4-5(2)3;/h3,7H,1-2H3;4H,1H2,2-3H3;/q2*-1;+2. The molecule has 0 atom stereocenters. The SMILES string of the molecule is Cc1[c-]cc(C)[nH]1.[CH2-]C=C(C)C.[Ru+2]. The number of H-pyrrole nitrogens is 1. The molecule has 1 aromatic heterocycles. The van der Waals surface area contributed by atoms with E-state index in [1.165, 1.54) is 11.3 Å². The van der Waals surface area contributed by atoms with Gasteiger partial charge in [-0.15, -0.1) is 19.5 Å². The van der Waals surface area contributed by atoms with Crippen molar-refractivity contribution in [1.82, 2.24) is 4.98 Å². The molecular formula is C11H17NRu. The van der Waals surface area contributed by atoms with Crippen LogP contribution in [-0.2, 0) is 19.5 Å². The summed E-state index contributed by atoms with van der Waals surface area (Å²) in [5, 5.41) is 0. The number of aryl methyl sites for hydroxylation is 2. The summed E-state index contributed by atoms with van der Waals surface area (Å²) in [7, 11) is 0. The topological polar surface area (TPSA) is 15.8 Å². The van der Waals surface area contributed by atoms with Gasteiger partial charge in [-0.25, -0.2) is 30.7 Å². The summed E-state index contributed by atoms with van der Waals surface area (Å²) < 4.78 is 0. The van der Waals surface area contributed by atoms with Crippen molar-refractivity contribution < 1.29 is 19.5 Å². The number of hydrogen-bond acceptors (Lipinski definition) is 0. The van der Waals surface area contributed by atoms with E-state index >= 15 is 0 Å². The molecule has 1 N–H and O–H groups in total. The molecule has 0 saturated carbocycles. The van der Waals surface area contributed by atoms with Crippen LogP contribution in [0.15, 0.2) is 17.7 Å². The van der Waals surface area contributed by atoms with Crippen LogP contribution >= 0.6 is 0 Å². The summed E-state index contributed by atoms with van der Waals surface area (Å²) in [4.78, 5) is 3.08. The second-order valence-electron chi connectivity index (χ2n) is 3.00. The molecule has 0 aliphatic heterocycles. The molecule has 0 aliphatic rings. The predicted molar refractivity (Wildman–Crippen MR) is 53.9 cm³/mol. The normalized spacial score (nSPS) is 7.69. The van der Waals surface area contributed by atoms with Gasteiger partial charge < -0.3 is 4.98 Å². The Bertz CT molecular complexity index is 228. The first-order valence-electron chi connectivity index (χ1n) is 4.02. The summed E-state index contributed by atoms with van der Waals surface area (Å²) in [6.07, 6.45) is 1.83. The molecule has 0 amide bonds. The molecule has 0 unspecified atom stereocenters. The smallest absolute Gasteiger partial charge is 0.456 e. The molecule has 74 valence electrons. The molecular weight excluding hydrogens is 247 g/mol. The molecule has 0 aliphatic carbocycles. The van der Waals surface area contributed by atoms with E-state index in [0.29, 0.717) is 0 Å². The van der Waals surface area contributed by atoms with Crippen LogP contribution in [0.4, 0.5) is 0 Å². The van der Waals surface area contributed by atoms with Gasteiger partial charge in [0.15, 0.2) is 0 Å². The Morgan fingerprint density at radius 2 is 1.92 bits per heavy atom. The van der Waals surface area contributed by atoms with Crippen molar-refractivity contribution in [3.8, 4) is 0 Å². The number of allylic oxidation sites excluding steroid dienone is 2. The third kappa shape index (κ3) is 9.43. The molecule has 13 heavy (non-hydrogen) atoms. The summed E-state index contributed by atoms with van der Waals surface area (Å²) in [6.45, 7) is 11.6. The third-order valence-electron chi connectivity index (χ3n) is 1.30. The second-order valence-corrected chi connectivity index (χ2v) is 3.00. The number of rotatable bonds is 0. The average Bonchev–Trinajstić information content (AvgIpc) is 2.36. The first-order valence-corrected chi connectivity index (χ1v) is 4.02. The van der Waals surface area contributed by atoms with Gasteiger partial charge in [0.25, 0.3) is 0 Å². The van der Waals surface area contributed by atoms with Crippen LogP contribution in [0.25, 0.3) is 0 Å². The first-order chi connectivity index (χ1) is 5.56. The van der Waals surface area contributed by atoms with Crippen molar-refractivity contribution in [3.63, 3.8) is 0 Å². The van der Waals surface area contributed by atoms with Crippen molar-refractivity contribution in [1.29, 1.82) is 0 Å². The maximum atomic E-state index is 3.52. The van der Waals surface area contributed by atoms with Gasteiger partial charge in [-0.1, -0.05) is 12.6 Å². The number of hydrogen-bond donors (Lipinski definition) is 1. The predicted octanol–water partition coefficient (Wildman–Crippen LogP) is 3.22. The molecule has 1 aromatic rings. The Morgan fingerprint density at radius 1 is 1.46 bits per heavy atom. The Labute approximate surface area is 94.4 Å². The Morgan fingerprint density at radius 3 is 2.00 bits per heavy atom. The van der Waals surface area contributed by atoms with Crippen molar-refractivity contribution in [2.45, 2.75) is 27.7 Å². The fourth-order valence-corrected chi connectivity index (χ4v) is 0.584. The zero-order valence-corrected chi connectivity index (χ0v) is 10.5. The monoisotopic (exact) mass is 265 g/mol. The summed E-state index contributed by atoms with van der Waals surface area (Å²) in [5.74, 6) is 0. The van der Waals surface area contributed by atoms with Gasteiger partial charge in [0.1, 0.15) is 0 Å². The summed E-state index contributed by atoms with van der Waals surface area (Å²) >= 11 is 0. The molecule has 1 rings (SSSR count). The van der Waals surface area contributed by atoms with Gasteiger partial charge in [0, 0.05) is 0 Å². The van der Waals surface area contributed by atoms with E-state index in [1.54, 1.807) is 0 Å². The van der Waals surface area contributed by atoms with Crippen LogP contribution in [0.1, 0.15) is 25.2 Å². The molecule has 0 saturated heterocycles. The van der Waals surface area contributed by atoms with Gasteiger partial charge >= 0.3 is 19.5 Å². The van der Waals surface area contributed by atoms with Crippen LogP contribution in [0, 0.1) is 26.8 Å². The van der Waals surface area contributed by atoms with Gasteiger partial charge in [-0.3, -0.25) is 0 Å². The fraction of sp³-hybridized carbons (Fsp3) is 0.364. The van der Waals surface area contributed by atoms with Crippen LogP contribution in [0.2, 0.25) is 0 Å². The molecule has 2 heteroatoms. The molecule has 1 heterocycles. The van der Waals surface area contributed by atoms with Gasteiger partial charge in [0.2, 0.25) is 0 Å². The third-order valence-corrected chi connectivity index (χ3v) is 1.30. The van der Waals surface area contributed by atoms with E-state index in [1.807, 2.05) is 39.8 Å². The van der Waals surface area contributed by atoms with Crippen molar-refractivity contribution >= 4 is 0 Å². The van der Waals surface area contributed by atoms with E-state index in [9.17, 15) is 0 Å².